The average Bonchev–Trinajstić information content (AvgIpc) is 3.18. The molecule has 3 aromatic rings. The fourth-order valence-corrected chi connectivity index (χ4v) is 6.86. The summed E-state index contributed by atoms with van der Waals surface area (Å²) in [6.07, 6.45) is 1.72. The molecule has 7 nitrogen and oxygen atoms in total. The molecule has 1 aliphatic rings. The second-order valence-corrected chi connectivity index (χ2v) is 11.7. The van der Waals surface area contributed by atoms with Crippen molar-refractivity contribution in [3.05, 3.63) is 57.9 Å². The van der Waals surface area contributed by atoms with Gasteiger partial charge in [0.1, 0.15) is 0 Å². The number of hydrogen-bond donors (Lipinski definition) is 0. The Morgan fingerprint density at radius 2 is 1.88 bits per heavy atom. The van der Waals surface area contributed by atoms with Gasteiger partial charge in [-0.05, 0) is 62.1 Å². The number of hydrogen-bond acceptors (Lipinski definition) is 5. The second-order valence-electron chi connectivity index (χ2n) is 8.35. The highest BCUT2D eigenvalue weighted by Gasteiger charge is 2.28. The molecule has 2 heterocycles. The Labute approximate surface area is 208 Å². The molecule has 0 atom stereocenters. The van der Waals surface area contributed by atoms with Crippen molar-refractivity contribution >= 4 is 49.1 Å². The van der Waals surface area contributed by atoms with Gasteiger partial charge in [-0.1, -0.05) is 35.9 Å². The van der Waals surface area contributed by atoms with Gasteiger partial charge in [0.2, 0.25) is 10.0 Å². The van der Waals surface area contributed by atoms with Crippen LogP contribution in [0.5, 0.6) is 0 Å². The van der Waals surface area contributed by atoms with E-state index >= 15 is 0 Å². The van der Waals surface area contributed by atoms with Crippen LogP contribution in [-0.2, 0) is 21.3 Å². The molecule has 0 radical (unpaired) electrons. The van der Waals surface area contributed by atoms with Crippen LogP contribution in [0.15, 0.2) is 52.4 Å². The molecule has 1 amide bonds. The molecule has 4 rings (SSSR count). The number of halogens is 1. The standard InChI is InChI=1S/C24H28ClN3O4S2/c1-3-32-16-15-28-22-20(25)5-4-6-21(22)33-24(28)26-23(29)18-7-9-19(10-8-18)34(30,31)27-13-11-17(2)12-14-27/h4-10,17H,3,11-16H2,1-2H3. The van der Waals surface area contributed by atoms with E-state index in [9.17, 15) is 13.2 Å². The number of fused-ring (bicyclic) bond motifs is 1. The second kappa shape index (κ2) is 10.7. The molecule has 0 spiro atoms. The van der Waals surface area contributed by atoms with Crippen molar-refractivity contribution in [1.29, 1.82) is 0 Å². The molecule has 1 aromatic heterocycles. The summed E-state index contributed by atoms with van der Waals surface area (Å²) in [7, 11) is -3.57. The van der Waals surface area contributed by atoms with Gasteiger partial charge >= 0.3 is 0 Å². The Balaban J connectivity index is 1.62. The van der Waals surface area contributed by atoms with E-state index in [1.54, 1.807) is 0 Å². The maximum atomic E-state index is 13.0. The molecule has 0 unspecified atom stereocenters. The van der Waals surface area contributed by atoms with E-state index in [-0.39, 0.29) is 4.90 Å². The number of para-hydroxylation sites is 1. The molecule has 2 aromatic carbocycles. The SMILES string of the molecule is CCOCCn1c(=NC(=O)c2ccc(S(=O)(=O)N3CCC(C)CC3)cc2)sc2cccc(Cl)c21. The van der Waals surface area contributed by atoms with Gasteiger partial charge in [-0.15, -0.1) is 0 Å². The minimum absolute atomic E-state index is 0.194. The zero-order valence-electron chi connectivity index (χ0n) is 19.2. The van der Waals surface area contributed by atoms with Crippen molar-refractivity contribution in [2.75, 3.05) is 26.3 Å². The largest absolute Gasteiger partial charge is 0.380 e. The van der Waals surface area contributed by atoms with Gasteiger partial charge in [0, 0.05) is 31.8 Å². The van der Waals surface area contributed by atoms with Crippen LogP contribution in [0.3, 0.4) is 0 Å². The van der Waals surface area contributed by atoms with Gasteiger partial charge in [0.15, 0.2) is 4.80 Å². The first-order valence-electron chi connectivity index (χ1n) is 11.4. The number of nitrogens with zero attached hydrogens (tertiary/aromatic N) is 3. The minimum atomic E-state index is -3.57. The lowest BCUT2D eigenvalue weighted by molar-refractivity contribution is 0.0996. The molecule has 0 N–H and O–H groups in total. The normalized spacial score (nSPS) is 16.4. The number of benzene rings is 2. The highest BCUT2D eigenvalue weighted by atomic mass is 35.5. The van der Waals surface area contributed by atoms with Crippen molar-refractivity contribution in [3.8, 4) is 0 Å². The van der Waals surface area contributed by atoms with Gasteiger partial charge in [0.25, 0.3) is 5.91 Å². The van der Waals surface area contributed by atoms with Crippen LogP contribution >= 0.6 is 22.9 Å². The van der Waals surface area contributed by atoms with E-state index in [1.807, 2.05) is 29.7 Å². The third-order valence-electron chi connectivity index (χ3n) is 5.99. The van der Waals surface area contributed by atoms with Gasteiger partial charge in [-0.2, -0.15) is 9.30 Å². The van der Waals surface area contributed by atoms with E-state index in [1.165, 1.54) is 39.9 Å². The van der Waals surface area contributed by atoms with Crippen LogP contribution in [0.4, 0.5) is 0 Å². The topological polar surface area (TPSA) is 81.0 Å². The summed E-state index contributed by atoms with van der Waals surface area (Å²) in [5, 5.41) is 0.584. The first-order valence-corrected chi connectivity index (χ1v) is 14.0. The summed E-state index contributed by atoms with van der Waals surface area (Å²) in [5.74, 6) is 0.0942. The molecule has 1 saturated heterocycles. The summed E-state index contributed by atoms with van der Waals surface area (Å²) < 4.78 is 35.8. The van der Waals surface area contributed by atoms with E-state index in [0.29, 0.717) is 54.2 Å². The fraction of sp³-hybridized carbons (Fsp3) is 0.417. The number of rotatable bonds is 7. The summed E-state index contributed by atoms with van der Waals surface area (Å²) in [5.41, 5.74) is 1.14. The van der Waals surface area contributed by atoms with Crippen LogP contribution < -0.4 is 4.80 Å². The number of carbonyl (C=O) groups excluding carboxylic acids is 1. The molecule has 10 heteroatoms. The number of aromatic nitrogens is 1. The van der Waals surface area contributed by atoms with E-state index in [2.05, 4.69) is 11.9 Å². The van der Waals surface area contributed by atoms with E-state index in [4.69, 9.17) is 16.3 Å². The summed E-state index contributed by atoms with van der Waals surface area (Å²) in [6.45, 7) is 6.68. The summed E-state index contributed by atoms with van der Waals surface area (Å²) in [4.78, 5) is 18.0. The first kappa shape index (κ1) is 25.1. The lowest BCUT2D eigenvalue weighted by Crippen LogP contribution is -2.37. The van der Waals surface area contributed by atoms with Crippen LogP contribution in [0.2, 0.25) is 5.02 Å². The van der Waals surface area contributed by atoms with E-state index in [0.717, 1.165) is 23.1 Å². The molecule has 0 bridgehead atoms. The minimum Gasteiger partial charge on any atom is -0.380 e. The van der Waals surface area contributed by atoms with Gasteiger partial charge in [-0.25, -0.2) is 8.42 Å². The van der Waals surface area contributed by atoms with Crippen molar-refractivity contribution in [1.82, 2.24) is 8.87 Å². The smallest absolute Gasteiger partial charge is 0.279 e. The van der Waals surface area contributed by atoms with Crippen molar-refractivity contribution in [2.24, 2.45) is 10.9 Å². The van der Waals surface area contributed by atoms with Crippen LogP contribution in [0, 0.1) is 5.92 Å². The molecular formula is C24H28ClN3O4S2. The average molecular weight is 522 g/mol. The van der Waals surface area contributed by atoms with Crippen LogP contribution in [0.1, 0.15) is 37.0 Å². The number of piperidine rings is 1. The Hall–Kier alpha value is -2.04. The molecule has 1 aliphatic heterocycles. The Morgan fingerprint density at radius 1 is 1.18 bits per heavy atom. The predicted molar refractivity (Wildman–Crippen MR) is 135 cm³/mol. The van der Waals surface area contributed by atoms with Crippen molar-refractivity contribution < 1.29 is 17.9 Å². The quantitative estimate of drug-likeness (QED) is 0.427. The number of amides is 1. The number of carbonyl (C=O) groups is 1. The maximum Gasteiger partial charge on any atom is 0.279 e. The monoisotopic (exact) mass is 521 g/mol. The molecule has 182 valence electrons. The molecule has 34 heavy (non-hydrogen) atoms. The highest BCUT2D eigenvalue weighted by Crippen LogP contribution is 2.26. The number of thiazole rings is 1. The maximum absolute atomic E-state index is 13.0. The Kier molecular flexibility index (Phi) is 7.89. The molecule has 0 aliphatic carbocycles. The molecule has 1 fully saturated rings. The zero-order chi connectivity index (χ0) is 24.3. The third kappa shape index (κ3) is 5.28. The summed E-state index contributed by atoms with van der Waals surface area (Å²) >= 11 is 7.81. The highest BCUT2D eigenvalue weighted by molar-refractivity contribution is 7.89. The molecular weight excluding hydrogens is 494 g/mol. The zero-order valence-corrected chi connectivity index (χ0v) is 21.6. The third-order valence-corrected chi connectivity index (χ3v) is 9.26. The Bertz CT molecular complexity index is 1340. The van der Waals surface area contributed by atoms with Crippen molar-refractivity contribution in [2.45, 2.75) is 38.1 Å². The predicted octanol–water partition coefficient (Wildman–Crippen LogP) is 4.55. The number of ether oxygens (including phenoxy) is 1. The van der Waals surface area contributed by atoms with Crippen LogP contribution in [0.25, 0.3) is 10.2 Å². The molecule has 0 saturated carbocycles. The summed E-state index contributed by atoms with van der Waals surface area (Å²) in [6, 6.07) is 11.6. The van der Waals surface area contributed by atoms with E-state index < -0.39 is 15.9 Å². The van der Waals surface area contributed by atoms with Gasteiger partial charge in [-0.3, -0.25) is 4.79 Å². The van der Waals surface area contributed by atoms with Crippen molar-refractivity contribution in [3.63, 3.8) is 0 Å². The van der Waals surface area contributed by atoms with Gasteiger partial charge in [0.05, 0.1) is 26.7 Å². The van der Waals surface area contributed by atoms with Crippen LogP contribution in [-0.4, -0.2) is 49.5 Å². The lowest BCUT2D eigenvalue weighted by atomic mass is 10.0. The number of sulfonamides is 1. The lowest BCUT2D eigenvalue weighted by Gasteiger charge is -2.29. The Morgan fingerprint density at radius 3 is 2.56 bits per heavy atom. The van der Waals surface area contributed by atoms with Gasteiger partial charge < -0.3 is 9.30 Å². The first-order chi connectivity index (χ1) is 16.3. The fourth-order valence-electron chi connectivity index (χ4n) is 3.97.